The van der Waals surface area contributed by atoms with Crippen LogP contribution in [0.2, 0.25) is 5.02 Å². The van der Waals surface area contributed by atoms with Crippen molar-refractivity contribution in [1.29, 1.82) is 0 Å². The number of H-pyrrole nitrogens is 1. The molecular formula is C18H19ClIN3O. The highest BCUT2D eigenvalue weighted by Gasteiger charge is 2.41. The Morgan fingerprint density at radius 1 is 1.46 bits per heavy atom. The van der Waals surface area contributed by atoms with E-state index >= 15 is 0 Å². The summed E-state index contributed by atoms with van der Waals surface area (Å²) < 4.78 is 1.12. The molecule has 3 atom stereocenters. The predicted molar refractivity (Wildman–Crippen MR) is 104 cm³/mol. The third-order valence-corrected chi connectivity index (χ3v) is 6.76. The molecule has 6 heteroatoms. The summed E-state index contributed by atoms with van der Waals surface area (Å²) in [7, 11) is 0. The Labute approximate surface area is 159 Å². The van der Waals surface area contributed by atoms with Crippen LogP contribution in [-0.4, -0.2) is 33.4 Å². The molecule has 1 amide bonds. The first-order valence-corrected chi connectivity index (χ1v) is 9.80. The van der Waals surface area contributed by atoms with Crippen LogP contribution >= 0.6 is 34.2 Å². The molecule has 1 aliphatic heterocycles. The van der Waals surface area contributed by atoms with Crippen LogP contribution in [0.3, 0.4) is 0 Å². The van der Waals surface area contributed by atoms with Crippen molar-refractivity contribution in [2.75, 3.05) is 6.54 Å². The lowest BCUT2D eigenvalue weighted by Gasteiger charge is -2.36. The van der Waals surface area contributed by atoms with E-state index in [9.17, 15) is 4.79 Å². The normalized spacial score (nSPS) is 26.6. The van der Waals surface area contributed by atoms with Gasteiger partial charge in [-0.25, -0.2) is 4.98 Å². The maximum atomic E-state index is 12.2. The minimum absolute atomic E-state index is 0.0662. The molecule has 1 saturated heterocycles. The average molecular weight is 456 g/mol. The molecule has 0 spiro atoms. The lowest BCUT2D eigenvalue weighted by Crippen LogP contribution is -2.40. The van der Waals surface area contributed by atoms with Crippen molar-refractivity contribution < 1.29 is 4.79 Å². The summed E-state index contributed by atoms with van der Waals surface area (Å²) in [6.07, 6.45) is 7.60. The molecule has 126 valence electrons. The molecule has 3 heterocycles. The van der Waals surface area contributed by atoms with E-state index in [0.29, 0.717) is 17.9 Å². The van der Waals surface area contributed by atoms with E-state index in [1.54, 1.807) is 6.20 Å². The van der Waals surface area contributed by atoms with Crippen LogP contribution in [0, 0.1) is 9.62 Å². The van der Waals surface area contributed by atoms with Crippen LogP contribution in [0.4, 0.5) is 0 Å². The summed E-state index contributed by atoms with van der Waals surface area (Å²) in [5.41, 5.74) is 2.13. The Kier molecular flexibility index (Phi) is 4.33. The number of carbonyl (C=O) groups excluding carboxylic acids is 1. The number of hydrogen-bond donors (Lipinski definition) is 1. The summed E-state index contributed by atoms with van der Waals surface area (Å²) in [6.45, 7) is 4.52. The van der Waals surface area contributed by atoms with Crippen molar-refractivity contribution in [3.8, 4) is 0 Å². The first-order valence-electron chi connectivity index (χ1n) is 8.34. The topological polar surface area (TPSA) is 49.0 Å². The SMILES string of the molecule is C=CC(=O)N1CCC2CCC(c3c(I)[nH]c4nccc(Cl)c34)CC21. The number of aromatic nitrogens is 2. The number of amides is 1. The Balaban J connectivity index is 1.70. The van der Waals surface area contributed by atoms with Gasteiger partial charge in [0.25, 0.3) is 0 Å². The molecule has 1 aliphatic carbocycles. The lowest BCUT2D eigenvalue weighted by molar-refractivity contribution is -0.127. The predicted octanol–water partition coefficient (Wildman–Crippen LogP) is 4.49. The number of pyridine rings is 1. The molecule has 0 aromatic carbocycles. The van der Waals surface area contributed by atoms with Crippen molar-refractivity contribution in [2.24, 2.45) is 5.92 Å². The number of halogens is 2. The van der Waals surface area contributed by atoms with Gasteiger partial charge in [0.2, 0.25) is 5.91 Å². The molecule has 1 saturated carbocycles. The van der Waals surface area contributed by atoms with Gasteiger partial charge < -0.3 is 9.88 Å². The van der Waals surface area contributed by atoms with Gasteiger partial charge in [0.1, 0.15) is 5.65 Å². The maximum Gasteiger partial charge on any atom is 0.246 e. The van der Waals surface area contributed by atoms with E-state index in [0.717, 1.165) is 52.0 Å². The van der Waals surface area contributed by atoms with E-state index in [2.05, 4.69) is 39.1 Å². The molecule has 2 aromatic rings. The number of carbonyl (C=O) groups is 1. The molecule has 2 fully saturated rings. The molecule has 1 N–H and O–H groups in total. The zero-order valence-electron chi connectivity index (χ0n) is 13.3. The molecule has 4 rings (SSSR count). The largest absolute Gasteiger partial charge is 0.336 e. The number of hydrogen-bond acceptors (Lipinski definition) is 2. The van der Waals surface area contributed by atoms with Crippen molar-refractivity contribution in [1.82, 2.24) is 14.9 Å². The Bertz CT molecular complexity index is 818. The third kappa shape index (κ3) is 2.56. The Morgan fingerprint density at radius 2 is 2.29 bits per heavy atom. The van der Waals surface area contributed by atoms with E-state index in [1.807, 2.05) is 11.0 Å². The summed E-state index contributed by atoms with van der Waals surface area (Å²) >= 11 is 8.81. The molecule has 2 aromatic heterocycles. The van der Waals surface area contributed by atoms with Crippen LogP contribution < -0.4 is 0 Å². The summed E-state index contributed by atoms with van der Waals surface area (Å²) in [5.74, 6) is 1.10. The zero-order chi connectivity index (χ0) is 16.8. The molecule has 0 bridgehead atoms. The summed E-state index contributed by atoms with van der Waals surface area (Å²) in [5, 5.41) is 1.80. The second-order valence-electron chi connectivity index (χ2n) is 6.73. The minimum atomic E-state index is 0.0662. The highest BCUT2D eigenvalue weighted by molar-refractivity contribution is 14.1. The average Bonchev–Trinajstić information content (AvgIpc) is 3.14. The fourth-order valence-electron chi connectivity index (χ4n) is 4.51. The van der Waals surface area contributed by atoms with Gasteiger partial charge in [0.15, 0.2) is 0 Å². The van der Waals surface area contributed by atoms with Crippen molar-refractivity contribution in [3.05, 3.63) is 39.2 Å². The Morgan fingerprint density at radius 3 is 3.08 bits per heavy atom. The minimum Gasteiger partial charge on any atom is -0.336 e. The lowest BCUT2D eigenvalue weighted by atomic mass is 9.76. The van der Waals surface area contributed by atoms with Crippen molar-refractivity contribution in [3.63, 3.8) is 0 Å². The number of rotatable bonds is 2. The third-order valence-electron chi connectivity index (χ3n) is 5.60. The van der Waals surface area contributed by atoms with Gasteiger partial charge in [-0.05, 0) is 77.8 Å². The molecular weight excluding hydrogens is 437 g/mol. The van der Waals surface area contributed by atoms with Gasteiger partial charge in [-0.3, -0.25) is 4.79 Å². The molecule has 0 radical (unpaired) electrons. The van der Waals surface area contributed by atoms with Crippen LogP contribution in [0.15, 0.2) is 24.9 Å². The molecule has 2 aliphatic rings. The smallest absolute Gasteiger partial charge is 0.246 e. The van der Waals surface area contributed by atoms with Crippen molar-refractivity contribution in [2.45, 2.75) is 37.6 Å². The van der Waals surface area contributed by atoms with Gasteiger partial charge >= 0.3 is 0 Å². The standard InChI is InChI=1S/C18H19ClIN3O/c1-2-14(24)23-8-6-10-3-4-11(9-13(10)23)15-16-12(19)5-7-21-18(16)22-17(15)20/h2,5,7,10-11,13H,1,3-4,6,8-9H2,(H,21,22). The number of fused-ring (bicyclic) bond motifs is 2. The van der Waals surface area contributed by atoms with E-state index < -0.39 is 0 Å². The second-order valence-corrected chi connectivity index (χ2v) is 8.22. The Hall–Kier alpha value is -1.08. The first kappa shape index (κ1) is 16.4. The molecule has 4 nitrogen and oxygen atoms in total. The van der Waals surface area contributed by atoms with Gasteiger partial charge in [-0.2, -0.15) is 0 Å². The zero-order valence-corrected chi connectivity index (χ0v) is 16.2. The second kappa shape index (κ2) is 6.33. The highest BCUT2D eigenvalue weighted by Crippen LogP contribution is 2.46. The highest BCUT2D eigenvalue weighted by atomic mass is 127. The fraction of sp³-hybridized carbons (Fsp3) is 0.444. The van der Waals surface area contributed by atoms with Crippen molar-refractivity contribution >= 4 is 51.1 Å². The van der Waals surface area contributed by atoms with Crippen LogP contribution in [0.5, 0.6) is 0 Å². The molecule has 3 unspecified atom stereocenters. The van der Waals surface area contributed by atoms with Gasteiger partial charge in [-0.1, -0.05) is 18.2 Å². The monoisotopic (exact) mass is 455 g/mol. The van der Waals surface area contributed by atoms with Crippen LogP contribution in [-0.2, 0) is 4.79 Å². The maximum absolute atomic E-state index is 12.2. The first-order chi connectivity index (χ1) is 11.6. The van der Waals surface area contributed by atoms with Crippen LogP contribution in [0.25, 0.3) is 11.0 Å². The quantitative estimate of drug-likeness (QED) is 0.536. The van der Waals surface area contributed by atoms with Gasteiger partial charge in [-0.15, -0.1) is 0 Å². The van der Waals surface area contributed by atoms with E-state index in [4.69, 9.17) is 11.6 Å². The van der Waals surface area contributed by atoms with Crippen LogP contribution in [0.1, 0.15) is 37.2 Å². The van der Waals surface area contributed by atoms with Gasteiger partial charge in [0.05, 0.1) is 8.72 Å². The van der Waals surface area contributed by atoms with E-state index in [-0.39, 0.29) is 5.91 Å². The number of nitrogens with one attached hydrogen (secondary N) is 1. The summed E-state index contributed by atoms with van der Waals surface area (Å²) in [4.78, 5) is 22.0. The fourth-order valence-corrected chi connectivity index (χ4v) is 5.72. The number of nitrogens with zero attached hydrogens (tertiary/aromatic N) is 2. The summed E-state index contributed by atoms with van der Waals surface area (Å²) in [6, 6.07) is 2.18. The van der Waals surface area contributed by atoms with Gasteiger partial charge in [0, 0.05) is 24.2 Å². The molecule has 24 heavy (non-hydrogen) atoms. The number of likely N-dealkylation sites (tertiary alicyclic amines) is 1. The number of aromatic amines is 1. The van der Waals surface area contributed by atoms with E-state index in [1.165, 1.54) is 11.6 Å².